The molecule has 260 valence electrons. The van der Waals surface area contributed by atoms with E-state index in [-0.39, 0.29) is 0 Å². The number of fused-ring (bicyclic) bond motifs is 5. The monoisotopic (exact) mass is 718 g/mol. The molecule has 1 aromatic heterocycles. The Labute approximate surface area is 323 Å². The minimum Gasteiger partial charge on any atom is -0.228 e. The summed E-state index contributed by atoms with van der Waals surface area (Å²) in [5.41, 5.74) is 15.0. The van der Waals surface area contributed by atoms with Crippen molar-refractivity contribution in [3.05, 3.63) is 194 Å². The number of nitrogens with zero attached hydrogens (tertiary/aromatic N) is 2. The predicted octanol–water partition coefficient (Wildman–Crippen LogP) is 12.4. The van der Waals surface area contributed by atoms with Crippen molar-refractivity contribution in [2.45, 2.75) is 13.1 Å². The fourth-order valence-electron chi connectivity index (χ4n) is 8.45. The first-order valence-corrected chi connectivity index (χ1v) is 22.0. The Morgan fingerprint density at radius 2 is 0.782 bits per heavy atom. The summed E-state index contributed by atoms with van der Waals surface area (Å²) in [5.74, 6) is 0.754. The van der Waals surface area contributed by atoms with E-state index in [1.807, 2.05) is 0 Å². The van der Waals surface area contributed by atoms with Crippen molar-refractivity contribution < 1.29 is 0 Å². The Kier molecular flexibility index (Phi) is 7.97. The lowest BCUT2D eigenvalue weighted by molar-refractivity contribution is 1.20. The van der Waals surface area contributed by atoms with E-state index in [1.165, 1.54) is 60.1 Å². The Hall–Kier alpha value is -6.68. The van der Waals surface area contributed by atoms with Gasteiger partial charge in [0.25, 0.3) is 0 Å². The summed E-state index contributed by atoms with van der Waals surface area (Å²) in [7, 11) is -2.13. The first-order valence-electron chi connectivity index (χ1n) is 19.0. The standard InChI is InChI=1S/C52H38N2Si/c1-55(2)47-29-28-37-20-12-13-27-46(37)48(47)50-51(55)49(38-21-10-5-11-22-38)53-52(54-50)42-26-15-24-40(31-42)39-23-14-25-41(30-39)45-33-43(35-16-6-3-7-17-35)32-44(34-45)36-18-8-4-9-19-36/h3-34H,1-2H3. The van der Waals surface area contributed by atoms with Crippen LogP contribution in [0.5, 0.6) is 0 Å². The molecular formula is C52H38N2Si. The van der Waals surface area contributed by atoms with Gasteiger partial charge in [-0.3, -0.25) is 0 Å². The lowest BCUT2D eigenvalue weighted by atomic mass is 9.92. The fraction of sp³-hybridized carbons (Fsp3) is 0.0385. The average molecular weight is 719 g/mol. The Bertz CT molecular complexity index is 2820. The first-order chi connectivity index (χ1) is 27.0. The van der Waals surface area contributed by atoms with Crippen molar-refractivity contribution in [2.24, 2.45) is 0 Å². The van der Waals surface area contributed by atoms with Crippen LogP contribution in [0.25, 0.3) is 89.2 Å². The van der Waals surface area contributed by atoms with Crippen LogP contribution in [0.2, 0.25) is 13.1 Å². The van der Waals surface area contributed by atoms with Crippen molar-refractivity contribution in [1.82, 2.24) is 9.97 Å². The number of aromatic nitrogens is 2. The zero-order valence-electron chi connectivity index (χ0n) is 30.9. The third kappa shape index (κ3) is 5.81. The molecule has 2 heterocycles. The Morgan fingerprint density at radius 1 is 0.345 bits per heavy atom. The normalized spacial score (nSPS) is 12.7. The molecule has 1 aliphatic rings. The van der Waals surface area contributed by atoms with Crippen molar-refractivity contribution >= 4 is 29.2 Å². The van der Waals surface area contributed by atoms with E-state index < -0.39 is 8.07 Å². The predicted molar refractivity (Wildman–Crippen MR) is 234 cm³/mol. The summed E-state index contributed by atoms with van der Waals surface area (Å²) >= 11 is 0. The highest BCUT2D eigenvalue weighted by Gasteiger charge is 2.42. The Morgan fingerprint density at radius 3 is 1.40 bits per heavy atom. The van der Waals surface area contributed by atoms with E-state index in [0.717, 1.165) is 39.5 Å². The second-order valence-corrected chi connectivity index (χ2v) is 19.3. The maximum atomic E-state index is 5.50. The summed E-state index contributed by atoms with van der Waals surface area (Å²) in [5, 5.41) is 5.26. The van der Waals surface area contributed by atoms with Gasteiger partial charge < -0.3 is 0 Å². The largest absolute Gasteiger partial charge is 0.228 e. The zero-order chi connectivity index (χ0) is 36.9. The number of benzene rings is 8. The van der Waals surface area contributed by atoms with Crippen LogP contribution in [0.3, 0.4) is 0 Å². The Balaban J connectivity index is 1.11. The van der Waals surface area contributed by atoms with Gasteiger partial charge in [-0.1, -0.05) is 177 Å². The van der Waals surface area contributed by atoms with Gasteiger partial charge in [0.2, 0.25) is 0 Å². The average Bonchev–Trinajstić information content (AvgIpc) is 3.50. The van der Waals surface area contributed by atoms with Gasteiger partial charge in [-0.25, -0.2) is 9.97 Å². The third-order valence-corrected chi connectivity index (χ3v) is 14.7. The molecule has 0 fully saturated rings. The molecule has 3 heteroatoms. The summed E-state index contributed by atoms with van der Waals surface area (Å²) in [6, 6.07) is 69.9. The van der Waals surface area contributed by atoms with Crippen LogP contribution in [0.1, 0.15) is 0 Å². The molecule has 55 heavy (non-hydrogen) atoms. The molecule has 10 rings (SSSR count). The van der Waals surface area contributed by atoms with Gasteiger partial charge in [0.05, 0.1) is 11.4 Å². The topological polar surface area (TPSA) is 25.8 Å². The summed E-state index contributed by atoms with van der Waals surface area (Å²) < 4.78 is 0. The molecule has 0 unspecified atom stereocenters. The maximum absolute atomic E-state index is 5.50. The molecule has 2 nitrogen and oxygen atoms in total. The lowest BCUT2D eigenvalue weighted by Crippen LogP contribution is -2.50. The molecule has 0 atom stereocenters. The minimum absolute atomic E-state index is 0.754. The molecular weight excluding hydrogens is 681 g/mol. The van der Waals surface area contributed by atoms with Crippen molar-refractivity contribution in [2.75, 3.05) is 0 Å². The van der Waals surface area contributed by atoms with Crippen LogP contribution in [0, 0.1) is 0 Å². The van der Waals surface area contributed by atoms with Crippen LogP contribution in [-0.2, 0) is 0 Å². The maximum Gasteiger partial charge on any atom is 0.160 e. The van der Waals surface area contributed by atoms with Gasteiger partial charge in [-0.05, 0) is 96.0 Å². The van der Waals surface area contributed by atoms with E-state index in [0.29, 0.717) is 0 Å². The van der Waals surface area contributed by atoms with Gasteiger partial charge >= 0.3 is 0 Å². The van der Waals surface area contributed by atoms with Crippen molar-refractivity contribution in [1.29, 1.82) is 0 Å². The van der Waals surface area contributed by atoms with E-state index in [4.69, 9.17) is 9.97 Å². The molecule has 0 saturated carbocycles. The van der Waals surface area contributed by atoms with Gasteiger partial charge in [0.15, 0.2) is 5.82 Å². The highest BCUT2D eigenvalue weighted by molar-refractivity contribution is 7.04. The summed E-state index contributed by atoms with van der Waals surface area (Å²) in [4.78, 5) is 10.9. The van der Waals surface area contributed by atoms with E-state index >= 15 is 0 Å². The quantitative estimate of drug-likeness (QED) is 0.160. The molecule has 0 amide bonds. The minimum atomic E-state index is -2.13. The van der Waals surface area contributed by atoms with Crippen LogP contribution >= 0.6 is 0 Å². The molecule has 0 aliphatic carbocycles. The molecule has 9 aromatic rings. The van der Waals surface area contributed by atoms with Crippen LogP contribution < -0.4 is 10.4 Å². The number of hydrogen-bond acceptors (Lipinski definition) is 2. The van der Waals surface area contributed by atoms with Gasteiger partial charge in [-0.2, -0.15) is 0 Å². The number of hydrogen-bond donors (Lipinski definition) is 0. The highest BCUT2D eigenvalue weighted by atomic mass is 28.3. The van der Waals surface area contributed by atoms with Crippen LogP contribution in [0.4, 0.5) is 0 Å². The number of rotatable bonds is 6. The zero-order valence-corrected chi connectivity index (χ0v) is 31.9. The molecule has 0 N–H and O–H groups in total. The van der Waals surface area contributed by atoms with E-state index in [1.54, 1.807) is 0 Å². The van der Waals surface area contributed by atoms with E-state index in [2.05, 4.69) is 207 Å². The van der Waals surface area contributed by atoms with Crippen molar-refractivity contribution in [3.63, 3.8) is 0 Å². The van der Waals surface area contributed by atoms with Gasteiger partial charge in [0, 0.05) is 16.7 Å². The molecule has 0 radical (unpaired) electrons. The molecule has 1 aliphatic heterocycles. The SMILES string of the molecule is C[Si]1(C)c2ccc3ccccc3c2-c2nc(-c3cccc(-c4cccc(-c5cc(-c6ccccc6)cc(-c6ccccc6)c5)c4)c3)nc(-c3ccccc3)c21. The third-order valence-electron chi connectivity index (χ3n) is 11.2. The smallest absolute Gasteiger partial charge is 0.160 e. The van der Waals surface area contributed by atoms with Crippen LogP contribution in [0.15, 0.2) is 194 Å². The molecule has 0 spiro atoms. The summed E-state index contributed by atoms with van der Waals surface area (Å²) in [6.07, 6.45) is 0. The van der Waals surface area contributed by atoms with Gasteiger partial charge in [0.1, 0.15) is 8.07 Å². The van der Waals surface area contributed by atoms with Gasteiger partial charge in [-0.15, -0.1) is 0 Å². The lowest BCUT2D eigenvalue weighted by Gasteiger charge is -2.21. The van der Waals surface area contributed by atoms with Crippen LogP contribution in [-0.4, -0.2) is 18.0 Å². The van der Waals surface area contributed by atoms with Crippen molar-refractivity contribution in [3.8, 4) is 78.4 Å². The first kappa shape index (κ1) is 32.9. The molecule has 0 saturated heterocycles. The fourth-order valence-corrected chi connectivity index (χ4v) is 11.7. The second-order valence-electron chi connectivity index (χ2n) is 15.0. The highest BCUT2D eigenvalue weighted by Crippen LogP contribution is 2.39. The molecule has 0 bridgehead atoms. The molecule has 8 aromatic carbocycles. The van der Waals surface area contributed by atoms with E-state index in [9.17, 15) is 0 Å². The summed E-state index contributed by atoms with van der Waals surface area (Å²) in [6.45, 7) is 4.90. The second kappa shape index (κ2) is 13.3.